The van der Waals surface area contributed by atoms with E-state index in [9.17, 15) is 0 Å². The summed E-state index contributed by atoms with van der Waals surface area (Å²) in [5, 5.41) is 2.24. The van der Waals surface area contributed by atoms with Crippen LogP contribution in [0.2, 0.25) is 0 Å². The Balaban J connectivity index is 1.73. The van der Waals surface area contributed by atoms with Crippen LogP contribution in [0.5, 0.6) is 0 Å². The Labute approximate surface area is 255 Å². The van der Waals surface area contributed by atoms with E-state index in [-0.39, 0.29) is 0 Å². The summed E-state index contributed by atoms with van der Waals surface area (Å²) in [6, 6.07) is 0. The SMILES string of the molecule is C#Cc1sc(C#CC2=CSC(=C3SC(SCCCC)=C(SCCCC)S3)S2)c(CCCC)c1CCCC. The molecule has 0 spiro atoms. The molecular formula is C30H38S7. The van der Waals surface area contributed by atoms with Crippen LogP contribution in [0.25, 0.3) is 0 Å². The van der Waals surface area contributed by atoms with E-state index in [0.29, 0.717) is 0 Å². The summed E-state index contributed by atoms with van der Waals surface area (Å²) in [6.45, 7) is 9.06. The van der Waals surface area contributed by atoms with Crippen molar-refractivity contribution in [2.45, 2.75) is 91.9 Å². The highest BCUT2D eigenvalue weighted by Gasteiger charge is 2.27. The Morgan fingerprint density at radius 3 is 1.81 bits per heavy atom. The first kappa shape index (κ1) is 31.7. The molecule has 0 aromatic carbocycles. The molecule has 0 fully saturated rings. The molecule has 0 saturated carbocycles. The largest absolute Gasteiger partial charge is 0.117 e. The molecule has 0 nitrogen and oxygen atoms in total. The molecule has 0 bridgehead atoms. The van der Waals surface area contributed by atoms with Gasteiger partial charge in [-0.2, -0.15) is 0 Å². The third-order valence-electron chi connectivity index (χ3n) is 5.75. The summed E-state index contributed by atoms with van der Waals surface area (Å²) >= 11 is 13.5. The zero-order valence-corrected chi connectivity index (χ0v) is 28.2. The van der Waals surface area contributed by atoms with Gasteiger partial charge in [-0.05, 0) is 72.5 Å². The summed E-state index contributed by atoms with van der Waals surface area (Å²) in [4.78, 5) is 3.45. The lowest BCUT2D eigenvalue weighted by molar-refractivity contribution is 0.760. The predicted molar refractivity (Wildman–Crippen MR) is 184 cm³/mol. The van der Waals surface area contributed by atoms with E-state index in [2.05, 4.69) is 74.4 Å². The summed E-state index contributed by atoms with van der Waals surface area (Å²) in [5.74, 6) is 12.5. The van der Waals surface area contributed by atoms with Gasteiger partial charge in [0.05, 0.1) is 31.6 Å². The molecule has 0 N–H and O–H groups in total. The van der Waals surface area contributed by atoms with Crippen LogP contribution < -0.4 is 0 Å². The van der Waals surface area contributed by atoms with Gasteiger partial charge in [0.25, 0.3) is 0 Å². The van der Waals surface area contributed by atoms with Crippen LogP contribution in [0.4, 0.5) is 0 Å². The molecule has 0 saturated heterocycles. The van der Waals surface area contributed by atoms with Gasteiger partial charge in [-0.25, -0.2) is 0 Å². The first-order chi connectivity index (χ1) is 18.1. The Morgan fingerprint density at radius 1 is 0.703 bits per heavy atom. The van der Waals surface area contributed by atoms with Gasteiger partial charge in [0.2, 0.25) is 0 Å². The normalized spacial score (nSPS) is 15.3. The van der Waals surface area contributed by atoms with Gasteiger partial charge in [-0.15, -0.1) is 41.3 Å². The number of hydrogen-bond donors (Lipinski definition) is 0. The van der Waals surface area contributed by atoms with Crippen molar-refractivity contribution < 1.29 is 0 Å². The second-order valence-corrected chi connectivity index (χ2v) is 17.0. The standard InChI is InChI=1S/C30H38S7/c1-6-11-15-23-24(16-12-7-2)26(35-25(23)10-5)18-17-22-21-33-29(34-22)30-36-27(31-19-13-8-3)28(37-30)32-20-14-9-4/h5,21H,6-9,11-16,19-20H2,1-4H3. The molecule has 2 aliphatic rings. The summed E-state index contributed by atoms with van der Waals surface area (Å²) in [6.07, 6.45) is 17.9. The van der Waals surface area contributed by atoms with E-state index < -0.39 is 0 Å². The number of hydrogen-bond acceptors (Lipinski definition) is 7. The molecule has 7 heteroatoms. The van der Waals surface area contributed by atoms with Crippen molar-refractivity contribution in [3.63, 3.8) is 0 Å². The highest BCUT2D eigenvalue weighted by atomic mass is 32.3. The lowest BCUT2D eigenvalue weighted by Crippen LogP contribution is -1.95. The smallest absolute Gasteiger partial charge is 0.0820 e. The molecule has 37 heavy (non-hydrogen) atoms. The number of unbranched alkanes of at least 4 members (excludes halogenated alkanes) is 4. The van der Waals surface area contributed by atoms with Gasteiger partial charge in [0, 0.05) is 0 Å². The summed E-state index contributed by atoms with van der Waals surface area (Å²) in [7, 11) is 0. The van der Waals surface area contributed by atoms with Crippen molar-refractivity contribution in [3.8, 4) is 24.2 Å². The van der Waals surface area contributed by atoms with E-state index in [1.54, 1.807) is 11.3 Å². The van der Waals surface area contributed by atoms with Gasteiger partial charge < -0.3 is 0 Å². The Kier molecular flexibility index (Phi) is 15.2. The Hall–Kier alpha value is 0.140. The maximum absolute atomic E-state index is 5.91. The van der Waals surface area contributed by atoms with E-state index in [4.69, 9.17) is 6.42 Å². The predicted octanol–water partition coefficient (Wildman–Crippen LogP) is 11.9. The molecule has 0 atom stereocenters. The number of thioether (sulfide) groups is 6. The van der Waals surface area contributed by atoms with Gasteiger partial charge in [0.15, 0.2) is 0 Å². The van der Waals surface area contributed by atoms with Crippen LogP contribution in [0.3, 0.4) is 0 Å². The fourth-order valence-corrected chi connectivity index (χ4v) is 13.2. The molecule has 3 heterocycles. The third-order valence-corrected chi connectivity index (χ3v) is 15.4. The minimum atomic E-state index is 1.08. The van der Waals surface area contributed by atoms with Gasteiger partial charge in [-0.1, -0.05) is 112 Å². The van der Waals surface area contributed by atoms with Crippen molar-refractivity contribution in [2.24, 2.45) is 0 Å². The minimum Gasteiger partial charge on any atom is -0.117 e. The summed E-state index contributed by atoms with van der Waals surface area (Å²) < 4.78 is 5.87. The van der Waals surface area contributed by atoms with E-state index in [0.717, 1.165) is 22.6 Å². The lowest BCUT2D eigenvalue weighted by atomic mass is 9.98. The van der Waals surface area contributed by atoms with Crippen molar-refractivity contribution in [2.75, 3.05) is 11.5 Å². The molecule has 3 rings (SSSR count). The molecule has 200 valence electrons. The van der Waals surface area contributed by atoms with Crippen LogP contribution in [-0.4, -0.2) is 11.5 Å². The molecular weight excluding hydrogens is 585 g/mol. The molecule has 0 aliphatic carbocycles. The summed E-state index contributed by atoms with van der Waals surface area (Å²) in [5.41, 5.74) is 2.81. The van der Waals surface area contributed by atoms with Crippen molar-refractivity contribution in [1.29, 1.82) is 0 Å². The van der Waals surface area contributed by atoms with Crippen LogP contribution >= 0.6 is 81.9 Å². The first-order valence-corrected chi connectivity index (χ1v) is 19.5. The molecule has 1 aromatic rings. The van der Waals surface area contributed by atoms with Gasteiger partial charge in [0.1, 0.15) is 0 Å². The lowest BCUT2D eigenvalue weighted by Gasteiger charge is -2.05. The fraction of sp³-hybridized carbons (Fsp3) is 0.533. The van der Waals surface area contributed by atoms with Crippen LogP contribution in [0, 0.1) is 24.2 Å². The first-order valence-electron chi connectivity index (χ1n) is 13.4. The van der Waals surface area contributed by atoms with Crippen molar-refractivity contribution in [3.05, 3.63) is 48.1 Å². The Morgan fingerprint density at radius 2 is 1.27 bits per heavy atom. The average Bonchev–Trinajstić information content (AvgIpc) is 3.62. The number of terminal acetylenes is 1. The van der Waals surface area contributed by atoms with E-state index in [1.807, 2.05) is 47.0 Å². The van der Waals surface area contributed by atoms with E-state index >= 15 is 0 Å². The number of allylic oxidation sites excluding steroid dienone is 1. The second-order valence-electron chi connectivity index (χ2n) is 8.78. The van der Waals surface area contributed by atoms with Gasteiger partial charge in [-0.3, -0.25) is 0 Å². The quantitative estimate of drug-likeness (QED) is 0.148. The minimum absolute atomic E-state index is 1.08. The highest BCUT2D eigenvalue weighted by Crippen LogP contribution is 2.62. The fourth-order valence-electron chi connectivity index (χ4n) is 3.62. The monoisotopic (exact) mass is 622 g/mol. The molecule has 0 unspecified atom stereocenters. The van der Waals surface area contributed by atoms with E-state index in [1.165, 1.54) is 95.8 Å². The Bertz CT molecular complexity index is 1080. The maximum atomic E-state index is 5.91. The second kappa shape index (κ2) is 17.8. The molecule has 2 aliphatic heterocycles. The zero-order chi connectivity index (χ0) is 26.5. The van der Waals surface area contributed by atoms with Crippen LogP contribution in [0.15, 0.2) is 27.3 Å². The van der Waals surface area contributed by atoms with Crippen LogP contribution in [0.1, 0.15) is 99.9 Å². The topological polar surface area (TPSA) is 0 Å². The molecule has 0 radical (unpaired) electrons. The van der Waals surface area contributed by atoms with Crippen molar-refractivity contribution >= 4 is 81.9 Å². The van der Waals surface area contributed by atoms with Crippen molar-refractivity contribution in [1.82, 2.24) is 0 Å². The highest BCUT2D eigenvalue weighted by molar-refractivity contribution is 8.42. The zero-order valence-electron chi connectivity index (χ0n) is 22.5. The molecule has 1 aromatic heterocycles. The number of rotatable bonds is 14. The number of thiophene rings is 1. The van der Waals surface area contributed by atoms with Gasteiger partial charge >= 0.3 is 0 Å². The molecule has 0 amide bonds. The average molecular weight is 623 g/mol. The maximum Gasteiger partial charge on any atom is 0.0820 e. The van der Waals surface area contributed by atoms with Crippen LogP contribution in [-0.2, 0) is 12.8 Å². The third kappa shape index (κ3) is 9.63.